The fourth-order valence-electron chi connectivity index (χ4n) is 3.03. The zero-order valence-electron chi connectivity index (χ0n) is 16.6. The fraction of sp³-hybridized carbons (Fsp3) is 0.0833. The van der Waals surface area contributed by atoms with Crippen molar-refractivity contribution in [3.63, 3.8) is 0 Å². The van der Waals surface area contributed by atoms with Gasteiger partial charge in [0.05, 0.1) is 16.5 Å². The Morgan fingerprint density at radius 3 is 2.31 bits per heavy atom. The first-order chi connectivity index (χ1) is 15.4. The van der Waals surface area contributed by atoms with Crippen LogP contribution in [0.1, 0.15) is 16.7 Å². The fourth-order valence-corrected chi connectivity index (χ4v) is 4.50. The van der Waals surface area contributed by atoms with Crippen molar-refractivity contribution >= 4 is 68.1 Å². The maximum atomic E-state index is 12.8. The summed E-state index contributed by atoms with van der Waals surface area (Å²) in [4.78, 5) is 26.7. The summed E-state index contributed by atoms with van der Waals surface area (Å²) in [6.07, 6.45) is 1.66. The highest BCUT2D eigenvalue weighted by atomic mass is 79.9. The second-order valence-corrected chi connectivity index (χ2v) is 9.75. The number of hydrogen-bond acceptors (Lipinski definition) is 4. The molecule has 0 saturated carbocycles. The van der Waals surface area contributed by atoms with Crippen molar-refractivity contribution < 1.29 is 14.3 Å². The average molecular weight is 549 g/mol. The van der Waals surface area contributed by atoms with Gasteiger partial charge in [-0.25, -0.2) is 0 Å². The van der Waals surface area contributed by atoms with Crippen molar-refractivity contribution in [3.8, 4) is 5.75 Å². The van der Waals surface area contributed by atoms with E-state index in [1.807, 2.05) is 24.3 Å². The first kappa shape index (κ1) is 22.9. The lowest BCUT2D eigenvalue weighted by molar-refractivity contribution is -0.123. The molecule has 4 rings (SSSR count). The van der Waals surface area contributed by atoms with E-state index >= 15 is 0 Å². The van der Waals surface area contributed by atoms with Gasteiger partial charge >= 0.3 is 0 Å². The maximum Gasteiger partial charge on any atom is 0.293 e. The van der Waals surface area contributed by atoms with E-state index in [0.29, 0.717) is 32.9 Å². The van der Waals surface area contributed by atoms with Crippen molar-refractivity contribution in [2.45, 2.75) is 13.2 Å². The third kappa shape index (κ3) is 5.56. The van der Waals surface area contributed by atoms with E-state index in [0.717, 1.165) is 27.4 Å². The van der Waals surface area contributed by atoms with Gasteiger partial charge < -0.3 is 4.74 Å². The normalized spacial score (nSPS) is 15.0. The van der Waals surface area contributed by atoms with Crippen molar-refractivity contribution in [2.24, 2.45) is 0 Å². The molecule has 1 fully saturated rings. The molecule has 0 unspecified atom stereocenters. The van der Waals surface area contributed by atoms with Gasteiger partial charge in [0.25, 0.3) is 11.1 Å². The molecule has 3 aromatic carbocycles. The van der Waals surface area contributed by atoms with Crippen molar-refractivity contribution in [1.29, 1.82) is 0 Å². The molecular formula is C24H16BrCl2NO3S. The quantitative estimate of drug-likeness (QED) is 0.298. The third-order valence-electron chi connectivity index (χ3n) is 4.69. The molecule has 8 heteroatoms. The van der Waals surface area contributed by atoms with Crippen LogP contribution < -0.4 is 4.74 Å². The van der Waals surface area contributed by atoms with E-state index in [4.69, 9.17) is 27.9 Å². The SMILES string of the molecule is O=C1S/C(=C\c2ccc(OCc3ccc(Br)cc3)c(Cl)c2)C(=O)N1Cc1ccc(Cl)cc1. The summed E-state index contributed by atoms with van der Waals surface area (Å²) >= 11 is 16.6. The molecule has 162 valence electrons. The Bertz CT molecular complexity index is 1200. The van der Waals surface area contributed by atoms with Crippen LogP contribution in [-0.4, -0.2) is 16.0 Å². The second-order valence-electron chi connectivity index (χ2n) is 7.00. The summed E-state index contributed by atoms with van der Waals surface area (Å²) in [7, 11) is 0. The van der Waals surface area contributed by atoms with Crippen LogP contribution in [0, 0.1) is 0 Å². The van der Waals surface area contributed by atoms with Crippen molar-refractivity contribution in [3.05, 3.63) is 103 Å². The lowest BCUT2D eigenvalue weighted by Gasteiger charge is -2.12. The molecule has 1 saturated heterocycles. The van der Waals surface area contributed by atoms with Crippen molar-refractivity contribution in [2.75, 3.05) is 0 Å². The minimum Gasteiger partial charge on any atom is -0.487 e. The lowest BCUT2D eigenvalue weighted by atomic mass is 10.2. The topological polar surface area (TPSA) is 46.6 Å². The molecule has 0 aliphatic carbocycles. The smallest absolute Gasteiger partial charge is 0.293 e. The summed E-state index contributed by atoms with van der Waals surface area (Å²) < 4.78 is 6.81. The Hall–Kier alpha value is -2.25. The predicted octanol–water partition coefficient (Wildman–Crippen LogP) is 7.57. The van der Waals surface area contributed by atoms with E-state index in [1.165, 1.54) is 4.90 Å². The first-order valence-electron chi connectivity index (χ1n) is 9.55. The lowest BCUT2D eigenvalue weighted by Crippen LogP contribution is -2.27. The summed E-state index contributed by atoms with van der Waals surface area (Å²) in [6.45, 7) is 0.582. The Morgan fingerprint density at radius 2 is 1.62 bits per heavy atom. The van der Waals surface area contributed by atoms with Gasteiger partial charge in [0.15, 0.2) is 0 Å². The molecule has 3 aromatic rings. The second kappa shape index (κ2) is 10.1. The van der Waals surface area contributed by atoms with Gasteiger partial charge in [-0.2, -0.15) is 0 Å². The van der Waals surface area contributed by atoms with Crippen LogP contribution in [0.15, 0.2) is 76.1 Å². The third-order valence-corrected chi connectivity index (χ3v) is 6.67. The Kier molecular flexibility index (Phi) is 7.26. The number of benzene rings is 3. The Balaban J connectivity index is 1.44. The van der Waals surface area contributed by atoms with Gasteiger partial charge in [-0.1, -0.05) is 69.5 Å². The molecule has 4 nitrogen and oxygen atoms in total. The number of carbonyl (C=O) groups excluding carboxylic acids is 2. The van der Waals surface area contributed by atoms with E-state index in [1.54, 1.807) is 48.5 Å². The van der Waals surface area contributed by atoms with E-state index in [-0.39, 0.29) is 17.7 Å². The molecule has 0 aromatic heterocycles. The number of rotatable bonds is 6. The Morgan fingerprint density at radius 1 is 0.938 bits per heavy atom. The molecule has 32 heavy (non-hydrogen) atoms. The highest BCUT2D eigenvalue weighted by Crippen LogP contribution is 2.35. The number of nitrogens with zero attached hydrogens (tertiary/aromatic N) is 1. The van der Waals surface area contributed by atoms with Crippen LogP contribution in [0.2, 0.25) is 10.0 Å². The molecule has 0 radical (unpaired) electrons. The number of hydrogen-bond donors (Lipinski definition) is 0. The zero-order valence-corrected chi connectivity index (χ0v) is 20.5. The van der Waals surface area contributed by atoms with Crippen LogP contribution >= 0.6 is 50.9 Å². The average Bonchev–Trinajstić information content (AvgIpc) is 3.03. The molecule has 0 spiro atoms. The van der Waals surface area contributed by atoms with Gasteiger partial charge in [0.2, 0.25) is 0 Å². The molecular weight excluding hydrogens is 533 g/mol. The van der Waals surface area contributed by atoms with Crippen LogP contribution in [0.5, 0.6) is 5.75 Å². The van der Waals surface area contributed by atoms with Crippen molar-refractivity contribution in [1.82, 2.24) is 4.90 Å². The standard InChI is InChI=1S/C24H16BrCl2NO3S/c25-18-6-1-16(2-7-18)14-31-21-10-5-17(11-20(21)27)12-22-23(29)28(24(30)32-22)13-15-3-8-19(26)9-4-15/h1-12H,13-14H2/b22-12-. The number of carbonyl (C=O) groups is 2. The predicted molar refractivity (Wildman–Crippen MR) is 133 cm³/mol. The molecule has 0 N–H and O–H groups in total. The first-order valence-corrected chi connectivity index (χ1v) is 11.9. The highest BCUT2D eigenvalue weighted by molar-refractivity contribution is 9.10. The number of thioether (sulfide) groups is 1. The van der Waals surface area contributed by atoms with E-state index in [9.17, 15) is 9.59 Å². The number of imide groups is 1. The monoisotopic (exact) mass is 547 g/mol. The summed E-state index contributed by atoms with van der Waals surface area (Å²) in [5, 5.41) is 0.719. The maximum absolute atomic E-state index is 12.8. The molecule has 1 aliphatic rings. The minimum absolute atomic E-state index is 0.197. The van der Waals surface area contributed by atoms with Gasteiger partial charge in [0, 0.05) is 9.50 Å². The van der Waals surface area contributed by atoms with Gasteiger partial charge in [-0.15, -0.1) is 0 Å². The summed E-state index contributed by atoms with van der Waals surface area (Å²) in [5.41, 5.74) is 2.55. The molecule has 1 heterocycles. The molecule has 0 bridgehead atoms. The van der Waals surface area contributed by atoms with Gasteiger partial charge in [0.1, 0.15) is 12.4 Å². The molecule has 1 aliphatic heterocycles. The molecule has 0 atom stereocenters. The number of halogens is 3. The van der Waals surface area contributed by atoms with Crippen LogP contribution in [0.4, 0.5) is 4.79 Å². The largest absolute Gasteiger partial charge is 0.487 e. The number of amides is 2. The van der Waals surface area contributed by atoms with Crippen LogP contribution in [-0.2, 0) is 17.9 Å². The van der Waals surface area contributed by atoms with Gasteiger partial charge in [-0.05, 0) is 70.9 Å². The highest BCUT2D eigenvalue weighted by Gasteiger charge is 2.35. The van der Waals surface area contributed by atoms with Crippen LogP contribution in [0.3, 0.4) is 0 Å². The van der Waals surface area contributed by atoms with E-state index in [2.05, 4.69) is 15.9 Å². The van der Waals surface area contributed by atoms with Gasteiger partial charge in [-0.3, -0.25) is 14.5 Å². The van der Waals surface area contributed by atoms with Crippen LogP contribution in [0.25, 0.3) is 6.08 Å². The molecule has 2 amide bonds. The summed E-state index contributed by atoms with van der Waals surface area (Å²) in [5.74, 6) is 0.212. The zero-order chi connectivity index (χ0) is 22.7. The summed E-state index contributed by atoms with van der Waals surface area (Å²) in [6, 6.07) is 20.1. The number of ether oxygens (including phenoxy) is 1. The van der Waals surface area contributed by atoms with E-state index < -0.39 is 0 Å². The minimum atomic E-state index is -0.332. The Labute approximate surface area is 208 Å².